The predicted molar refractivity (Wildman–Crippen MR) is 81.7 cm³/mol. The van der Waals surface area contributed by atoms with Crippen molar-refractivity contribution in [1.29, 1.82) is 0 Å². The number of hydrogen-bond donors (Lipinski definition) is 2. The molecule has 2 atom stereocenters. The maximum atomic E-state index is 12.4. The molecule has 0 radical (unpaired) electrons. The molecule has 2 aromatic heterocycles. The van der Waals surface area contributed by atoms with Crippen molar-refractivity contribution >= 4 is 17.2 Å². The summed E-state index contributed by atoms with van der Waals surface area (Å²) < 4.78 is 5.39. The highest BCUT2D eigenvalue weighted by Crippen LogP contribution is 2.26. The van der Waals surface area contributed by atoms with E-state index in [4.69, 9.17) is 4.74 Å². The van der Waals surface area contributed by atoms with Crippen LogP contribution in [0.25, 0.3) is 0 Å². The Hall–Kier alpha value is -1.66. The number of aromatic nitrogens is 2. The summed E-state index contributed by atoms with van der Waals surface area (Å²) in [7, 11) is 0. The van der Waals surface area contributed by atoms with Crippen LogP contribution in [0, 0.1) is 0 Å². The third kappa shape index (κ3) is 3.33. The summed E-state index contributed by atoms with van der Waals surface area (Å²) >= 11 is 1.71. The summed E-state index contributed by atoms with van der Waals surface area (Å²) in [4.78, 5) is 13.7. The molecule has 112 valence electrons. The van der Waals surface area contributed by atoms with Gasteiger partial charge in [-0.2, -0.15) is 5.10 Å². The molecule has 0 bridgehead atoms. The van der Waals surface area contributed by atoms with E-state index in [0.29, 0.717) is 12.2 Å². The topological polar surface area (TPSA) is 67.0 Å². The monoisotopic (exact) mass is 305 g/mol. The van der Waals surface area contributed by atoms with Gasteiger partial charge in [0.2, 0.25) is 0 Å². The molecule has 3 heterocycles. The molecule has 2 N–H and O–H groups in total. The second-order valence-electron chi connectivity index (χ2n) is 5.42. The molecule has 0 aromatic carbocycles. The number of ether oxygens (including phenoxy) is 1. The van der Waals surface area contributed by atoms with Crippen molar-refractivity contribution in [3.8, 4) is 0 Å². The molecule has 1 fully saturated rings. The van der Waals surface area contributed by atoms with Crippen molar-refractivity contribution in [2.24, 2.45) is 0 Å². The Balaban J connectivity index is 1.64. The van der Waals surface area contributed by atoms with Crippen molar-refractivity contribution in [3.63, 3.8) is 0 Å². The third-order valence-corrected chi connectivity index (χ3v) is 4.62. The smallest absolute Gasteiger partial charge is 0.254 e. The van der Waals surface area contributed by atoms with Crippen LogP contribution in [-0.2, 0) is 11.2 Å². The fourth-order valence-corrected chi connectivity index (χ4v) is 3.47. The molecule has 2 aromatic rings. The summed E-state index contributed by atoms with van der Waals surface area (Å²) in [6.07, 6.45) is 3.40. The SMILES string of the molecule is CC(Cc1cccs1)NC(=O)c1cn[nH]c1C1CCOC1. The fourth-order valence-electron chi connectivity index (χ4n) is 2.63. The number of thiophene rings is 1. The lowest BCUT2D eigenvalue weighted by Crippen LogP contribution is -2.34. The second-order valence-corrected chi connectivity index (χ2v) is 6.45. The van der Waals surface area contributed by atoms with Crippen molar-refractivity contribution in [3.05, 3.63) is 39.8 Å². The van der Waals surface area contributed by atoms with Gasteiger partial charge in [0.15, 0.2) is 0 Å². The molecule has 1 saturated heterocycles. The molecule has 6 heteroatoms. The number of amides is 1. The average molecular weight is 305 g/mol. The normalized spacial score (nSPS) is 19.6. The van der Waals surface area contributed by atoms with E-state index < -0.39 is 0 Å². The zero-order chi connectivity index (χ0) is 14.7. The fraction of sp³-hybridized carbons (Fsp3) is 0.467. The quantitative estimate of drug-likeness (QED) is 0.891. The van der Waals surface area contributed by atoms with Gasteiger partial charge in [0.1, 0.15) is 0 Å². The second kappa shape index (κ2) is 6.41. The Bertz CT molecular complexity index is 588. The number of rotatable bonds is 5. The molecule has 0 spiro atoms. The van der Waals surface area contributed by atoms with Crippen molar-refractivity contribution < 1.29 is 9.53 Å². The van der Waals surface area contributed by atoms with E-state index in [1.165, 1.54) is 4.88 Å². The maximum absolute atomic E-state index is 12.4. The van der Waals surface area contributed by atoms with Crippen LogP contribution in [0.3, 0.4) is 0 Å². The van der Waals surface area contributed by atoms with Gasteiger partial charge in [-0.05, 0) is 24.8 Å². The first-order chi connectivity index (χ1) is 10.2. The highest BCUT2D eigenvalue weighted by molar-refractivity contribution is 7.09. The van der Waals surface area contributed by atoms with E-state index in [0.717, 1.165) is 25.1 Å². The molecule has 21 heavy (non-hydrogen) atoms. The molecule has 1 aliphatic heterocycles. The van der Waals surface area contributed by atoms with Crippen LogP contribution >= 0.6 is 11.3 Å². The summed E-state index contributed by atoms with van der Waals surface area (Å²) in [5, 5.41) is 12.1. The van der Waals surface area contributed by atoms with E-state index in [1.807, 2.05) is 13.0 Å². The Labute approximate surface area is 127 Å². The number of nitrogens with one attached hydrogen (secondary N) is 2. The van der Waals surface area contributed by atoms with Crippen molar-refractivity contribution in [2.75, 3.05) is 13.2 Å². The first-order valence-corrected chi connectivity index (χ1v) is 8.06. The van der Waals surface area contributed by atoms with Crippen molar-refractivity contribution in [1.82, 2.24) is 15.5 Å². The Morgan fingerprint density at radius 3 is 3.29 bits per heavy atom. The van der Waals surface area contributed by atoms with Crippen LogP contribution in [0.5, 0.6) is 0 Å². The summed E-state index contributed by atoms with van der Waals surface area (Å²) in [5.41, 5.74) is 1.54. The van der Waals surface area contributed by atoms with Gasteiger partial charge in [0.25, 0.3) is 5.91 Å². The molecular weight excluding hydrogens is 286 g/mol. The molecule has 5 nitrogen and oxygen atoms in total. The minimum Gasteiger partial charge on any atom is -0.381 e. The van der Waals surface area contributed by atoms with Gasteiger partial charge >= 0.3 is 0 Å². The Morgan fingerprint density at radius 1 is 1.67 bits per heavy atom. The lowest BCUT2D eigenvalue weighted by molar-refractivity contribution is 0.0938. The number of carbonyl (C=O) groups is 1. The minimum atomic E-state index is -0.0605. The zero-order valence-corrected chi connectivity index (χ0v) is 12.8. The summed E-state index contributed by atoms with van der Waals surface area (Å²) in [6.45, 7) is 3.43. The highest BCUT2D eigenvalue weighted by atomic mass is 32.1. The van der Waals surface area contributed by atoms with E-state index in [9.17, 15) is 4.79 Å². The van der Waals surface area contributed by atoms with E-state index in [2.05, 4.69) is 27.0 Å². The molecule has 1 aliphatic rings. The van der Waals surface area contributed by atoms with Gasteiger partial charge in [-0.25, -0.2) is 0 Å². The van der Waals surface area contributed by atoms with Gasteiger partial charge in [-0.1, -0.05) is 6.07 Å². The predicted octanol–water partition coefficient (Wildman–Crippen LogP) is 2.34. The Kier molecular flexibility index (Phi) is 4.36. The molecule has 2 unspecified atom stereocenters. The van der Waals surface area contributed by atoms with Crippen LogP contribution in [0.4, 0.5) is 0 Å². The number of hydrogen-bond acceptors (Lipinski definition) is 4. The molecule has 0 aliphatic carbocycles. The van der Waals surface area contributed by atoms with Crippen LogP contribution in [0.1, 0.15) is 40.2 Å². The molecule has 0 saturated carbocycles. The number of aromatic amines is 1. The first-order valence-electron chi connectivity index (χ1n) is 7.18. The number of carbonyl (C=O) groups excluding carboxylic acids is 1. The van der Waals surface area contributed by atoms with E-state index >= 15 is 0 Å². The molecule has 3 rings (SSSR count). The third-order valence-electron chi connectivity index (χ3n) is 3.72. The van der Waals surface area contributed by atoms with Gasteiger partial charge in [-0.15, -0.1) is 11.3 Å². The van der Waals surface area contributed by atoms with Crippen LogP contribution in [0.2, 0.25) is 0 Å². The standard InChI is InChI=1S/C15H19N3O2S/c1-10(7-12-3-2-6-21-12)17-15(19)13-8-16-18-14(13)11-4-5-20-9-11/h2-3,6,8,10-11H,4-5,7,9H2,1H3,(H,16,18)(H,17,19). The summed E-state index contributed by atoms with van der Waals surface area (Å²) in [5.74, 6) is 0.190. The molecule has 1 amide bonds. The van der Waals surface area contributed by atoms with Crippen molar-refractivity contribution in [2.45, 2.75) is 31.7 Å². The number of nitrogens with zero attached hydrogens (tertiary/aromatic N) is 1. The van der Waals surface area contributed by atoms with Crippen LogP contribution in [-0.4, -0.2) is 35.4 Å². The lowest BCUT2D eigenvalue weighted by atomic mass is 10.0. The first kappa shape index (κ1) is 14.3. The average Bonchev–Trinajstić information content (AvgIpc) is 3.20. The largest absolute Gasteiger partial charge is 0.381 e. The van der Waals surface area contributed by atoms with Gasteiger partial charge in [0, 0.05) is 29.9 Å². The van der Waals surface area contributed by atoms with E-state index in [1.54, 1.807) is 17.5 Å². The minimum absolute atomic E-state index is 0.0605. The van der Waals surface area contributed by atoms with E-state index in [-0.39, 0.29) is 17.9 Å². The summed E-state index contributed by atoms with van der Waals surface area (Å²) in [6, 6.07) is 4.22. The Morgan fingerprint density at radius 2 is 2.57 bits per heavy atom. The maximum Gasteiger partial charge on any atom is 0.254 e. The van der Waals surface area contributed by atoms with Gasteiger partial charge in [0.05, 0.1) is 24.1 Å². The van der Waals surface area contributed by atoms with Gasteiger partial charge < -0.3 is 10.1 Å². The number of H-pyrrole nitrogens is 1. The zero-order valence-electron chi connectivity index (χ0n) is 12.0. The highest BCUT2D eigenvalue weighted by Gasteiger charge is 2.25. The lowest BCUT2D eigenvalue weighted by Gasteiger charge is -2.14. The molecular formula is C15H19N3O2S. The van der Waals surface area contributed by atoms with Crippen LogP contribution < -0.4 is 5.32 Å². The van der Waals surface area contributed by atoms with Crippen LogP contribution in [0.15, 0.2) is 23.7 Å². The van der Waals surface area contributed by atoms with Gasteiger partial charge in [-0.3, -0.25) is 9.89 Å².